The molecule has 1 heterocycles. The zero-order valence-electron chi connectivity index (χ0n) is 15.3. The molecule has 0 N–H and O–H groups in total. The van der Waals surface area contributed by atoms with Crippen molar-refractivity contribution in [2.45, 2.75) is 31.2 Å². The minimum Gasteiger partial charge on any atom is -0.464 e. The summed E-state index contributed by atoms with van der Waals surface area (Å²) in [6.07, 6.45) is 0. The number of rotatable bonds is 5. The normalized spacial score (nSPS) is 20.3. The molecule has 1 amide bonds. The van der Waals surface area contributed by atoms with Gasteiger partial charge in [0, 0.05) is 17.2 Å². The van der Waals surface area contributed by atoms with E-state index in [0.717, 1.165) is 5.56 Å². The Hall–Kier alpha value is -2.34. The van der Waals surface area contributed by atoms with E-state index in [2.05, 4.69) is 0 Å². The van der Waals surface area contributed by atoms with Gasteiger partial charge in [-0.1, -0.05) is 37.3 Å². The minimum atomic E-state index is -0.649. The Morgan fingerprint density at radius 2 is 1.85 bits per heavy atom. The first-order valence-corrected chi connectivity index (χ1v) is 9.99. The summed E-state index contributed by atoms with van der Waals surface area (Å²) in [7, 11) is 0. The molecule has 0 saturated carbocycles. The van der Waals surface area contributed by atoms with E-state index in [9.17, 15) is 14.0 Å². The minimum absolute atomic E-state index is 0.0278. The van der Waals surface area contributed by atoms with E-state index in [1.807, 2.05) is 37.3 Å². The van der Waals surface area contributed by atoms with Crippen molar-refractivity contribution < 1.29 is 18.7 Å². The van der Waals surface area contributed by atoms with Crippen LogP contribution >= 0.6 is 11.8 Å². The van der Waals surface area contributed by atoms with E-state index < -0.39 is 17.8 Å². The van der Waals surface area contributed by atoms with Crippen molar-refractivity contribution in [1.29, 1.82) is 0 Å². The second-order valence-electron chi connectivity index (χ2n) is 6.41. The van der Waals surface area contributed by atoms with Crippen LogP contribution in [0.3, 0.4) is 0 Å². The summed E-state index contributed by atoms with van der Waals surface area (Å²) >= 11 is 1.57. The summed E-state index contributed by atoms with van der Waals surface area (Å²) in [5.41, 5.74) is 1.45. The molecule has 0 radical (unpaired) electrons. The highest BCUT2D eigenvalue weighted by molar-refractivity contribution is 8.00. The fourth-order valence-electron chi connectivity index (χ4n) is 3.25. The summed E-state index contributed by atoms with van der Waals surface area (Å²) < 4.78 is 18.4. The van der Waals surface area contributed by atoms with Gasteiger partial charge in [-0.15, -0.1) is 11.8 Å². The second kappa shape index (κ2) is 8.57. The largest absolute Gasteiger partial charge is 0.464 e. The van der Waals surface area contributed by atoms with Crippen LogP contribution in [0.5, 0.6) is 0 Å². The molecule has 1 fully saturated rings. The molecule has 3 unspecified atom stereocenters. The van der Waals surface area contributed by atoms with Crippen molar-refractivity contribution in [3.63, 3.8) is 0 Å². The van der Waals surface area contributed by atoms with Crippen LogP contribution in [-0.2, 0) is 9.53 Å². The molecule has 2 aromatic carbocycles. The van der Waals surface area contributed by atoms with E-state index in [0.29, 0.717) is 11.3 Å². The van der Waals surface area contributed by atoms with E-state index >= 15 is 0 Å². The fourth-order valence-corrected chi connectivity index (χ4v) is 4.78. The lowest BCUT2D eigenvalue weighted by molar-refractivity contribution is -0.147. The topological polar surface area (TPSA) is 46.6 Å². The predicted octanol–water partition coefficient (Wildman–Crippen LogP) is 4.08. The molecule has 27 heavy (non-hydrogen) atoms. The zero-order chi connectivity index (χ0) is 19.4. The Labute approximate surface area is 162 Å². The Bertz CT molecular complexity index is 797. The van der Waals surface area contributed by atoms with E-state index in [1.165, 1.54) is 24.3 Å². The molecule has 4 nitrogen and oxygen atoms in total. The number of thioether (sulfide) groups is 1. The van der Waals surface area contributed by atoms with Crippen LogP contribution in [0.4, 0.5) is 4.39 Å². The van der Waals surface area contributed by atoms with Gasteiger partial charge in [0.25, 0.3) is 5.91 Å². The van der Waals surface area contributed by atoms with Crippen LogP contribution < -0.4 is 0 Å². The third kappa shape index (κ3) is 4.16. The average Bonchev–Trinajstić information content (AvgIpc) is 3.13. The molecular formula is C21H22FNO3S. The van der Waals surface area contributed by atoms with Crippen molar-refractivity contribution in [3.05, 3.63) is 71.5 Å². The highest BCUT2D eigenvalue weighted by Crippen LogP contribution is 2.39. The van der Waals surface area contributed by atoms with E-state index in [4.69, 9.17) is 4.74 Å². The van der Waals surface area contributed by atoms with Gasteiger partial charge in [-0.3, -0.25) is 4.79 Å². The maximum atomic E-state index is 13.3. The highest BCUT2D eigenvalue weighted by Gasteiger charge is 2.45. The standard InChI is InChI=1S/C21H22FNO3S/c1-3-26-21(25)18-13-27-20(14(2)15-7-5-4-6-8-15)23(18)19(24)16-9-11-17(22)12-10-16/h4-12,14,18,20H,3,13H2,1-2H3. The van der Waals surface area contributed by atoms with E-state index in [-0.39, 0.29) is 23.8 Å². The highest BCUT2D eigenvalue weighted by atomic mass is 32.2. The van der Waals surface area contributed by atoms with Crippen LogP contribution in [0.2, 0.25) is 0 Å². The zero-order valence-corrected chi connectivity index (χ0v) is 16.1. The van der Waals surface area contributed by atoms with Gasteiger partial charge in [0.2, 0.25) is 0 Å². The number of carbonyl (C=O) groups excluding carboxylic acids is 2. The van der Waals surface area contributed by atoms with Crippen molar-refractivity contribution in [1.82, 2.24) is 4.90 Å². The molecule has 1 aliphatic heterocycles. The summed E-state index contributed by atoms with van der Waals surface area (Å²) in [4.78, 5) is 27.3. The van der Waals surface area contributed by atoms with Crippen molar-refractivity contribution in [2.24, 2.45) is 0 Å². The van der Waals surface area contributed by atoms with Crippen LogP contribution in [-0.4, -0.2) is 40.6 Å². The lowest BCUT2D eigenvalue weighted by Gasteiger charge is -2.32. The van der Waals surface area contributed by atoms with Crippen LogP contribution in [0.25, 0.3) is 0 Å². The quantitative estimate of drug-likeness (QED) is 0.726. The van der Waals surface area contributed by atoms with Gasteiger partial charge in [0.15, 0.2) is 0 Å². The summed E-state index contributed by atoms with van der Waals surface area (Å²) in [5.74, 6) is -0.583. The van der Waals surface area contributed by atoms with Gasteiger partial charge < -0.3 is 9.64 Å². The molecule has 0 aliphatic carbocycles. The Kier molecular flexibility index (Phi) is 6.16. The first-order valence-electron chi connectivity index (χ1n) is 8.94. The average molecular weight is 387 g/mol. The molecule has 0 bridgehead atoms. The van der Waals surface area contributed by atoms with Gasteiger partial charge >= 0.3 is 5.97 Å². The molecular weight excluding hydrogens is 365 g/mol. The summed E-state index contributed by atoms with van der Waals surface area (Å²) in [6, 6.07) is 14.7. The van der Waals surface area contributed by atoms with Crippen LogP contribution in [0.1, 0.15) is 35.7 Å². The number of amides is 1. The third-order valence-corrected chi connectivity index (χ3v) is 6.16. The first kappa shape index (κ1) is 19.4. The Balaban J connectivity index is 1.93. The first-order chi connectivity index (χ1) is 13.0. The number of hydrogen-bond donors (Lipinski definition) is 0. The molecule has 6 heteroatoms. The van der Waals surface area contributed by atoms with Crippen LogP contribution in [0.15, 0.2) is 54.6 Å². The molecule has 0 spiro atoms. The Morgan fingerprint density at radius 3 is 2.48 bits per heavy atom. The number of carbonyl (C=O) groups is 2. The molecule has 2 aromatic rings. The number of benzene rings is 2. The number of hydrogen-bond acceptors (Lipinski definition) is 4. The number of ether oxygens (including phenoxy) is 1. The van der Waals surface area contributed by atoms with Gasteiger partial charge in [0.1, 0.15) is 11.9 Å². The van der Waals surface area contributed by atoms with Gasteiger partial charge in [-0.05, 0) is 36.8 Å². The molecule has 3 rings (SSSR count). The Morgan fingerprint density at radius 1 is 1.19 bits per heavy atom. The van der Waals surface area contributed by atoms with Gasteiger partial charge in [0.05, 0.1) is 12.0 Å². The number of halogens is 1. The molecule has 142 valence electrons. The molecule has 0 aromatic heterocycles. The maximum Gasteiger partial charge on any atom is 0.329 e. The second-order valence-corrected chi connectivity index (χ2v) is 7.56. The van der Waals surface area contributed by atoms with E-state index in [1.54, 1.807) is 23.6 Å². The monoisotopic (exact) mass is 387 g/mol. The number of esters is 1. The third-order valence-electron chi connectivity index (χ3n) is 4.67. The lowest BCUT2D eigenvalue weighted by Crippen LogP contribution is -2.47. The smallest absolute Gasteiger partial charge is 0.329 e. The summed E-state index contributed by atoms with van der Waals surface area (Å²) in [5, 5.41) is -0.209. The van der Waals surface area contributed by atoms with Gasteiger partial charge in [-0.2, -0.15) is 0 Å². The van der Waals surface area contributed by atoms with Crippen molar-refractivity contribution >= 4 is 23.6 Å². The predicted molar refractivity (Wildman–Crippen MR) is 104 cm³/mol. The summed E-state index contributed by atoms with van der Waals surface area (Å²) in [6.45, 7) is 4.05. The fraction of sp³-hybridized carbons (Fsp3) is 0.333. The molecule has 1 aliphatic rings. The maximum absolute atomic E-state index is 13.3. The molecule has 3 atom stereocenters. The number of nitrogens with zero attached hydrogens (tertiary/aromatic N) is 1. The van der Waals surface area contributed by atoms with Crippen molar-refractivity contribution in [3.8, 4) is 0 Å². The van der Waals surface area contributed by atoms with Gasteiger partial charge in [-0.25, -0.2) is 9.18 Å². The lowest BCUT2D eigenvalue weighted by atomic mass is 9.99. The SMILES string of the molecule is CCOC(=O)C1CSC(C(C)c2ccccc2)N1C(=O)c1ccc(F)cc1. The molecule has 1 saturated heterocycles. The van der Waals surface area contributed by atoms with Crippen LogP contribution in [0, 0.1) is 5.82 Å². The van der Waals surface area contributed by atoms with Crippen molar-refractivity contribution in [2.75, 3.05) is 12.4 Å².